The zero-order chi connectivity index (χ0) is 17.3. The predicted molar refractivity (Wildman–Crippen MR) is 96.5 cm³/mol. The molecule has 25 heavy (non-hydrogen) atoms. The van der Waals surface area contributed by atoms with Crippen molar-refractivity contribution >= 4 is 16.8 Å². The molecule has 1 atom stereocenters. The lowest BCUT2D eigenvalue weighted by Gasteiger charge is -2.32. The highest BCUT2D eigenvalue weighted by molar-refractivity contribution is 5.82. The van der Waals surface area contributed by atoms with Crippen molar-refractivity contribution in [2.45, 2.75) is 56.7 Å². The highest BCUT2D eigenvalue weighted by Gasteiger charge is 2.41. The first-order valence-electron chi connectivity index (χ1n) is 9.17. The average molecular weight is 340 g/mol. The van der Waals surface area contributed by atoms with Gasteiger partial charge >= 0.3 is 0 Å². The molecule has 5 nitrogen and oxygen atoms in total. The molecule has 132 valence electrons. The first-order valence-corrected chi connectivity index (χ1v) is 9.17. The summed E-state index contributed by atoms with van der Waals surface area (Å²) in [7, 11) is 0. The van der Waals surface area contributed by atoms with Gasteiger partial charge in [-0.1, -0.05) is 31.4 Å². The molecule has 1 aromatic heterocycles. The third kappa shape index (κ3) is 3.33. The number of hydrogen-bond acceptors (Lipinski definition) is 3. The van der Waals surface area contributed by atoms with Crippen LogP contribution < -0.4 is 10.7 Å². The Labute approximate surface area is 147 Å². The quantitative estimate of drug-likeness (QED) is 0.934. The fraction of sp³-hybridized carbons (Fsp3) is 0.500. The van der Waals surface area contributed by atoms with E-state index in [9.17, 15) is 9.59 Å². The maximum Gasteiger partial charge on any atom is 0.240 e. The molecular weight excluding hydrogens is 316 g/mol. The van der Waals surface area contributed by atoms with Crippen molar-refractivity contribution in [3.63, 3.8) is 0 Å². The van der Waals surface area contributed by atoms with Gasteiger partial charge in [-0.15, -0.1) is 0 Å². The summed E-state index contributed by atoms with van der Waals surface area (Å²) >= 11 is 0. The Morgan fingerprint density at radius 2 is 2.00 bits per heavy atom. The summed E-state index contributed by atoms with van der Waals surface area (Å²) in [6, 6.07) is 9.01. The van der Waals surface area contributed by atoms with Crippen LogP contribution in [-0.4, -0.2) is 28.7 Å². The van der Waals surface area contributed by atoms with Crippen LogP contribution >= 0.6 is 0 Å². The van der Waals surface area contributed by atoms with E-state index in [4.69, 9.17) is 4.74 Å². The number of carbonyl (C=O) groups excluding carboxylic acids is 1. The largest absolute Gasteiger partial charge is 0.373 e. The van der Waals surface area contributed by atoms with Crippen molar-refractivity contribution in [1.29, 1.82) is 0 Å². The minimum Gasteiger partial charge on any atom is -0.373 e. The topological polar surface area (TPSA) is 60.3 Å². The maximum absolute atomic E-state index is 12.5. The van der Waals surface area contributed by atoms with Crippen molar-refractivity contribution < 1.29 is 9.53 Å². The summed E-state index contributed by atoms with van der Waals surface area (Å²) in [6.07, 6.45) is 8.59. The second-order valence-electron chi connectivity index (χ2n) is 7.35. The Hall–Kier alpha value is -2.14. The number of carbonyl (C=O) groups is 1. The van der Waals surface area contributed by atoms with Crippen LogP contribution in [0.2, 0.25) is 0 Å². The van der Waals surface area contributed by atoms with Crippen LogP contribution in [0.5, 0.6) is 0 Å². The lowest BCUT2D eigenvalue weighted by Crippen LogP contribution is -2.39. The molecule has 2 aliphatic rings. The summed E-state index contributed by atoms with van der Waals surface area (Å²) < 4.78 is 7.90. The molecule has 1 saturated heterocycles. The number of nitrogens with zero attached hydrogens (tertiary/aromatic N) is 1. The smallest absolute Gasteiger partial charge is 0.240 e. The van der Waals surface area contributed by atoms with Crippen LogP contribution in [-0.2, 0) is 16.1 Å². The second-order valence-corrected chi connectivity index (χ2v) is 7.35. The van der Waals surface area contributed by atoms with Gasteiger partial charge in [0.15, 0.2) is 5.43 Å². The number of amides is 1. The van der Waals surface area contributed by atoms with Gasteiger partial charge in [0.2, 0.25) is 5.91 Å². The number of aromatic nitrogens is 1. The van der Waals surface area contributed by atoms with Crippen molar-refractivity contribution in [2.75, 3.05) is 6.61 Å². The van der Waals surface area contributed by atoms with Crippen LogP contribution in [0.15, 0.2) is 41.3 Å². The molecule has 5 heteroatoms. The lowest BCUT2D eigenvalue weighted by molar-refractivity contribution is -0.122. The molecule has 1 aliphatic heterocycles. The van der Waals surface area contributed by atoms with E-state index in [1.54, 1.807) is 12.3 Å². The fourth-order valence-electron chi connectivity index (χ4n) is 4.31. The first kappa shape index (κ1) is 16.3. The van der Waals surface area contributed by atoms with E-state index in [0.717, 1.165) is 24.8 Å². The normalized spacial score (nSPS) is 22.3. The molecule has 1 N–H and O–H groups in total. The molecule has 1 amide bonds. The molecule has 1 saturated carbocycles. The molecule has 2 heterocycles. The summed E-state index contributed by atoms with van der Waals surface area (Å²) in [5.74, 6) is -0.0322. The minimum atomic E-state index is -0.0322. The van der Waals surface area contributed by atoms with Gasteiger partial charge in [-0.05, 0) is 31.4 Å². The monoisotopic (exact) mass is 340 g/mol. The Morgan fingerprint density at radius 1 is 1.20 bits per heavy atom. The molecule has 2 fully saturated rings. The van der Waals surface area contributed by atoms with E-state index in [1.807, 2.05) is 22.8 Å². The van der Waals surface area contributed by atoms with E-state index in [0.29, 0.717) is 12.0 Å². The zero-order valence-electron chi connectivity index (χ0n) is 14.4. The Bertz CT molecular complexity index is 836. The van der Waals surface area contributed by atoms with Crippen molar-refractivity contribution in [3.05, 3.63) is 46.8 Å². The highest BCUT2D eigenvalue weighted by Crippen LogP contribution is 2.39. The number of hydrogen-bond donors (Lipinski definition) is 1. The van der Waals surface area contributed by atoms with Crippen LogP contribution in [0.1, 0.15) is 38.5 Å². The SMILES string of the molecule is O=C(Cn1ccc(=O)c2ccccc21)NC1COC2(CCCCC2)C1. The third-order valence-electron chi connectivity index (χ3n) is 5.54. The van der Waals surface area contributed by atoms with Gasteiger partial charge in [-0.25, -0.2) is 0 Å². The van der Waals surface area contributed by atoms with E-state index in [1.165, 1.54) is 25.3 Å². The molecule has 4 rings (SSSR count). The Kier molecular flexibility index (Phi) is 4.34. The standard InChI is InChI=1S/C20H24N2O3/c23-18-8-11-22(17-7-3-2-6-16(17)18)13-19(24)21-15-12-20(25-14-15)9-4-1-5-10-20/h2-3,6-8,11,15H,1,4-5,9-10,12-14H2,(H,21,24). The molecule has 0 bridgehead atoms. The van der Waals surface area contributed by atoms with Gasteiger partial charge in [0, 0.05) is 17.6 Å². The second kappa shape index (κ2) is 6.64. The molecule has 2 aromatic rings. The fourth-order valence-corrected chi connectivity index (χ4v) is 4.31. The average Bonchev–Trinajstić information content (AvgIpc) is 3.00. The van der Waals surface area contributed by atoms with E-state index in [-0.39, 0.29) is 29.5 Å². The van der Waals surface area contributed by atoms with E-state index in [2.05, 4.69) is 5.32 Å². The minimum absolute atomic E-state index is 0.000241. The van der Waals surface area contributed by atoms with Gasteiger partial charge < -0.3 is 14.6 Å². The van der Waals surface area contributed by atoms with E-state index >= 15 is 0 Å². The predicted octanol–water partition coefficient (Wildman–Crippen LogP) is 2.61. The number of rotatable bonds is 3. The van der Waals surface area contributed by atoms with Gasteiger partial charge in [-0.3, -0.25) is 9.59 Å². The van der Waals surface area contributed by atoms with Crippen molar-refractivity contribution in [2.24, 2.45) is 0 Å². The van der Waals surface area contributed by atoms with Gasteiger partial charge in [0.05, 0.1) is 23.8 Å². The van der Waals surface area contributed by atoms with Crippen LogP contribution in [0.4, 0.5) is 0 Å². The van der Waals surface area contributed by atoms with Gasteiger partial charge in [0.1, 0.15) is 6.54 Å². The summed E-state index contributed by atoms with van der Waals surface area (Å²) in [5, 5.41) is 3.76. The molecule has 1 unspecified atom stereocenters. The maximum atomic E-state index is 12.5. The number of benzene rings is 1. The Balaban J connectivity index is 1.43. The summed E-state index contributed by atoms with van der Waals surface area (Å²) in [6.45, 7) is 0.820. The Morgan fingerprint density at radius 3 is 2.84 bits per heavy atom. The van der Waals surface area contributed by atoms with Crippen LogP contribution in [0.3, 0.4) is 0 Å². The number of ether oxygens (including phenoxy) is 1. The van der Waals surface area contributed by atoms with Gasteiger partial charge in [-0.2, -0.15) is 0 Å². The lowest BCUT2D eigenvalue weighted by atomic mass is 9.82. The number of pyridine rings is 1. The van der Waals surface area contributed by atoms with Crippen molar-refractivity contribution in [1.82, 2.24) is 9.88 Å². The molecule has 0 radical (unpaired) electrons. The number of nitrogens with one attached hydrogen (secondary N) is 1. The third-order valence-corrected chi connectivity index (χ3v) is 5.54. The van der Waals surface area contributed by atoms with Gasteiger partial charge in [0.25, 0.3) is 0 Å². The number of fused-ring (bicyclic) bond motifs is 1. The van der Waals surface area contributed by atoms with Crippen molar-refractivity contribution in [3.8, 4) is 0 Å². The molecular formula is C20H24N2O3. The summed E-state index contributed by atoms with van der Waals surface area (Å²) in [4.78, 5) is 24.4. The van der Waals surface area contributed by atoms with E-state index < -0.39 is 0 Å². The van der Waals surface area contributed by atoms with Crippen LogP contribution in [0, 0.1) is 0 Å². The number of para-hydroxylation sites is 1. The molecule has 1 aromatic carbocycles. The highest BCUT2D eigenvalue weighted by atomic mass is 16.5. The first-order chi connectivity index (χ1) is 12.2. The summed E-state index contributed by atoms with van der Waals surface area (Å²) in [5.41, 5.74) is 0.771. The van der Waals surface area contributed by atoms with Crippen LogP contribution in [0.25, 0.3) is 10.9 Å². The molecule has 1 aliphatic carbocycles. The zero-order valence-corrected chi connectivity index (χ0v) is 14.4. The molecule has 1 spiro atoms.